The maximum Gasteiger partial charge on any atom is 0.0928 e. The van der Waals surface area contributed by atoms with Crippen molar-refractivity contribution in [2.24, 2.45) is 17.4 Å². The monoisotopic (exact) mass is 172 g/mol. The second kappa shape index (κ2) is 4.21. The Kier molecular flexibility index (Phi) is 3.50. The molecule has 0 saturated carbocycles. The van der Waals surface area contributed by atoms with Crippen molar-refractivity contribution in [2.75, 3.05) is 19.7 Å². The van der Waals surface area contributed by atoms with Crippen LogP contribution in [0, 0.1) is 5.92 Å². The molecule has 1 aliphatic heterocycles. The first-order valence-electron chi connectivity index (χ1n) is 4.77. The molecule has 0 bridgehead atoms. The lowest BCUT2D eigenvalue weighted by Crippen LogP contribution is -2.28. The molecule has 2 unspecified atom stereocenters. The average molecular weight is 172 g/mol. The summed E-state index contributed by atoms with van der Waals surface area (Å²) >= 11 is 0. The van der Waals surface area contributed by atoms with Gasteiger partial charge in [0.25, 0.3) is 0 Å². The van der Waals surface area contributed by atoms with Gasteiger partial charge in [0.05, 0.1) is 12.2 Å². The van der Waals surface area contributed by atoms with E-state index in [1.165, 1.54) is 6.42 Å². The number of unbranched alkanes of at least 4 members (excludes halogenated alkanes) is 1. The lowest BCUT2D eigenvalue weighted by molar-refractivity contribution is 0.225. The van der Waals surface area contributed by atoms with Gasteiger partial charge in [0, 0.05) is 5.92 Å². The summed E-state index contributed by atoms with van der Waals surface area (Å²) in [7, 11) is 0. The predicted molar refractivity (Wildman–Crippen MR) is 49.8 cm³/mol. The van der Waals surface area contributed by atoms with Gasteiger partial charge in [-0.15, -0.1) is 0 Å². The molecule has 0 aromatic carbocycles. The summed E-state index contributed by atoms with van der Waals surface area (Å²) in [6.07, 6.45) is 3.44. The normalized spacial score (nSPS) is 30.2. The average Bonchev–Trinajstić information content (AvgIpc) is 2.78. The highest BCUT2D eigenvalue weighted by atomic mass is 16.6. The zero-order valence-electron chi connectivity index (χ0n) is 7.88. The third kappa shape index (κ3) is 2.44. The van der Waals surface area contributed by atoms with Crippen LogP contribution >= 0.6 is 0 Å². The van der Waals surface area contributed by atoms with Crippen LogP contribution in [0.5, 0.6) is 0 Å². The molecular formula is C9H20N2O. The van der Waals surface area contributed by atoms with Crippen molar-refractivity contribution < 1.29 is 4.74 Å². The second-order valence-corrected chi connectivity index (χ2v) is 3.82. The second-order valence-electron chi connectivity index (χ2n) is 3.82. The van der Waals surface area contributed by atoms with Gasteiger partial charge >= 0.3 is 0 Å². The lowest BCUT2D eigenvalue weighted by Gasteiger charge is -2.18. The van der Waals surface area contributed by atoms with Crippen LogP contribution in [0.2, 0.25) is 0 Å². The van der Waals surface area contributed by atoms with E-state index >= 15 is 0 Å². The standard InChI is InChI=1S/C9H20N2O/c1-9(7-12-9)8(6-11)4-2-3-5-10/h8H,2-7,10-11H2,1H3. The quantitative estimate of drug-likeness (QED) is 0.452. The lowest BCUT2D eigenvalue weighted by atomic mass is 9.90. The van der Waals surface area contributed by atoms with Crippen molar-refractivity contribution in [3.05, 3.63) is 0 Å². The number of hydrogen-bond acceptors (Lipinski definition) is 3. The number of hydrogen-bond donors (Lipinski definition) is 2. The molecule has 3 nitrogen and oxygen atoms in total. The Morgan fingerprint density at radius 1 is 1.42 bits per heavy atom. The Hall–Kier alpha value is -0.120. The van der Waals surface area contributed by atoms with Crippen molar-refractivity contribution in [1.29, 1.82) is 0 Å². The van der Waals surface area contributed by atoms with Crippen molar-refractivity contribution in [1.82, 2.24) is 0 Å². The van der Waals surface area contributed by atoms with Crippen LogP contribution < -0.4 is 11.5 Å². The minimum atomic E-state index is 0.101. The number of rotatable bonds is 6. The molecule has 2 atom stereocenters. The predicted octanol–water partition coefficient (Wildman–Crippen LogP) is 0.479. The molecule has 0 aliphatic carbocycles. The van der Waals surface area contributed by atoms with Crippen molar-refractivity contribution in [2.45, 2.75) is 31.8 Å². The van der Waals surface area contributed by atoms with Crippen LogP contribution in [0.3, 0.4) is 0 Å². The van der Waals surface area contributed by atoms with E-state index in [1.54, 1.807) is 0 Å². The van der Waals surface area contributed by atoms with Crippen molar-refractivity contribution >= 4 is 0 Å². The Balaban J connectivity index is 2.17. The molecule has 0 aromatic rings. The van der Waals surface area contributed by atoms with E-state index in [4.69, 9.17) is 16.2 Å². The van der Waals surface area contributed by atoms with Crippen molar-refractivity contribution in [3.63, 3.8) is 0 Å². The van der Waals surface area contributed by atoms with Gasteiger partial charge in [-0.1, -0.05) is 6.42 Å². The summed E-state index contributed by atoms with van der Waals surface area (Å²) in [6, 6.07) is 0. The zero-order valence-corrected chi connectivity index (χ0v) is 7.88. The minimum Gasteiger partial charge on any atom is -0.370 e. The third-order valence-corrected chi connectivity index (χ3v) is 2.75. The summed E-state index contributed by atoms with van der Waals surface area (Å²) in [5.74, 6) is 0.532. The zero-order chi connectivity index (χ0) is 9.03. The highest BCUT2D eigenvalue weighted by Gasteiger charge is 2.45. The van der Waals surface area contributed by atoms with Gasteiger partial charge in [-0.05, 0) is 32.9 Å². The Morgan fingerprint density at radius 3 is 2.50 bits per heavy atom. The fourth-order valence-corrected chi connectivity index (χ4v) is 1.56. The topological polar surface area (TPSA) is 64.6 Å². The maximum absolute atomic E-state index is 5.67. The van der Waals surface area contributed by atoms with Gasteiger partial charge in [0.1, 0.15) is 0 Å². The molecule has 0 amide bonds. The number of nitrogens with two attached hydrogens (primary N) is 2. The summed E-state index contributed by atoms with van der Waals surface area (Å²) in [5, 5.41) is 0. The largest absolute Gasteiger partial charge is 0.370 e. The molecule has 72 valence electrons. The van der Waals surface area contributed by atoms with Crippen LogP contribution in [0.25, 0.3) is 0 Å². The highest BCUT2D eigenvalue weighted by molar-refractivity contribution is 4.94. The van der Waals surface area contributed by atoms with Crippen LogP contribution in [0.1, 0.15) is 26.2 Å². The van der Waals surface area contributed by atoms with E-state index in [0.717, 1.165) is 32.5 Å². The summed E-state index contributed by atoms with van der Waals surface area (Å²) < 4.78 is 5.37. The number of epoxide rings is 1. The molecule has 4 N–H and O–H groups in total. The summed E-state index contributed by atoms with van der Waals surface area (Å²) in [5.41, 5.74) is 11.2. The molecule has 3 heteroatoms. The molecule has 1 aliphatic rings. The fraction of sp³-hybridized carbons (Fsp3) is 1.00. The maximum atomic E-state index is 5.67. The van der Waals surface area contributed by atoms with E-state index < -0.39 is 0 Å². The number of ether oxygens (including phenoxy) is 1. The first-order valence-corrected chi connectivity index (χ1v) is 4.77. The van der Waals surface area contributed by atoms with E-state index in [0.29, 0.717) is 5.92 Å². The highest BCUT2D eigenvalue weighted by Crippen LogP contribution is 2.36. The van der Waals surface area contributed by atoms with Crippen molar-refractivity contribution in [3.8, 4) is 0 Å². The van der Waals surface area contributed by atoms with Gasteiger partial charge in [0.15, 0.2) is 0 Å². The van der Waals surface area contributed by atoms with Gasteiger partial charge in [-0.2, -0.15) is 0 Å². The van der Waals surface area contributed by atoms with Gasteiger partial charge in [0.2, 0.25) is 0 Å². The third-order valence-electron chi connectivity index (χ3n) is 2.75. The molecule has 1 fully saturated rings. The molecule has 1 rings (SSSR count). The molecule has 0 aromatic heterocycles. The SMILES string of the molecule is CC1(C(CN)CCCCN)CO1. The Morgan fingerprint density at radius 2 is 2.08 bits per heavy atom. The molecule has 0 radical (unpaired) electrons. The van der Waals surface area contributed by atoms with Gasteiger partial charge in [-0.3, -0.25) is 0 Å². The van der Waals surface area contributed by atoms with E-state index in [2.05, 4.69) is 6.92 Å². The van der Waals surface area contributed by atoms with Crippen LogP contribution in [0.15, 0.2) is 0 Å². The fourth-order valence-electron chi connectivity index (χ4n) is 1.56. The Labute approximate surface area is 74.4 Å². The molecule has 1 saturated heterocycles. The van der Waals surface area contributed by atoms with Gasteiger partial charge in [-0.25, -0.2) is 0 Å². The molecule has 1 heterocycles. The van der Waals surface area contributed by atoms with E-state index in [-0.39, 0.29) is 5.60 Å². The summed E-state index contributed by atoms with van der Waals surface area (Å²) in [6.45, 7) is 4.56. The van der Waals surface area contributed by atoms with Crippen LogP contribution in [-0.4, -0.2) is 25.3 Å². The van der Waals surface area contributed by atoms with Gasteiger partial charge < -0.3 is 16.2 Å². The Bertz CT molecular complexity index is 134. The summed E-state index contributed by atoms with van der Waals surface area (Å²) in [4.78, 5) is 0. The smallest absolute Gasteiger partial charge is 0.0928 e. The first-order chi connectivity index (χ1) is 5.73. The van der Waals surface area contributed by atoms with Crippen LogP contribution in [0.4, 0.5) is 0 Å². The molecule has 0 spiro atoms. The first kappa shape index (κ1) is 9.96. The van der Waals surface area contributed by atoms with E-state index in [9.17, 15) is 0 Å². The molecular weight excluding hydrogens is 152 g/mol. The minimum absolute atomic E-state index is 0.101. The van der Waals surface area contributed by atoms with Crippen LogP contribution in [-0.2, 0) is 4.74 Å². The molecule has 12 heavy (non-hydrogen) atoms. The van der Waals surface area contributed by atoms with E-state index in [1.807, 2.05) is 0 Å².